The number of hydrogen-bond donors (Lipinski definition) is 0. The lowest BCUT2D eigenvalue weighted by atomic mass is 9.92. The fourth-order valence-electron chi connectivity index (χ4n) is 11.5. The molecular formula is C74H74IO9P. The van der Waals surface area contributed by atoms with E-state index >= 15 is 0 Å². The monoisotopic (exact) mass is 1260 g/mol. The first-order chi connectivity index (χ1) is 41.6. The second-order valence-corrected chi connectivity index (χ2v) is 24.8. The maximum Gasteiger partial charge on any atom is 0.186 e. The third kappa shape index (κ3) is 16.1. The molecule has 2 fully saturated rings. The van der Waals surface area contributed by atoms with Crippen molar-refractivity contribution in [1.29, 1.82) is 0 Å². The van der Waals surface area contributed by atoms with Crippen molar-refractivity contribution in [2.45, 2.75) is 101 Å². The molecular weight excluding hydrogens is 1190 g/mol. The van der Waals surface area contributed by atoms with Crippen LogP contribution in [-0.2, 0) is 82.3 Å². The Hall–Kier alpha value is -6.48. The predicted octanol–water partition coefficient (Wildman–Crippen LogP) is 10.2. The normalized spacial score (nSPS) is 22.4. The fourth-order valence-corrected chi connectivity index (χ4v) is 15.9. The van der Waals surface area contributed by atoms with Crippen molar-refractivity contribution in [2.75, 3.05) is 13.3 Å². The van der Waals surface area contributed by atoms with Crippen molar-refractivity contribution in [3.63, 3.8) is 0 Å². The highest BCUT2D eigenvalue weighted by molar-refractivity contribution is 7.95. The van der Waals surface area contributed by atoms with Crippen LogP contribution in [0.15, 0.2) is 285 Å². The quantitative estimate of drug-likeness (QED) is 0.0299. The SMILES string of the molecule is CO[C@H]1O[C@H](/C=C\[C@@H]2O[C@H](C[P+](c3ccccc3)(c3ccccc3)c3ccccc3)[C@@H](OCc3ccccc3)[C@H](OCc3ccccc3)[C@H]2OCc2ccccc2)[C@@H](OCc2ccccc2)[C@H](OCc2ccccc2)[C@H]1OCc1ccccc1.[I-]. The summed E-state index contributed by atoms with van der Waals surface area (Å²) >= 11 is 0. The van der Waals surface area contributed by atoms with E-state index in [1.165, 1.54) is 15.9 Å². The van der Waals surface area contributed by atoms with Crippen molar-refractivity contribution in [1.82, 2.24) is 0 Å². The third-order valence-corrected chi connectivity index (χ3v) is 20.1. The van der Waals surface area contributed by atoms with Gasteiger partial charge < -0.3 is 66.6 Å². The molecule has 0 aromatic heterocycles. The van der Waals surface area contributed by atoms with Crippen LogP contribution < -0.4 is 39.9 Å². The molecule has 2 aliphatic rings. The van der Waals surface area contributed by atoms with Crippen molar-refractivity contribution >= 4 is 23.2 Å². The summed E-state index contributed by atoms with van der Waals surface area (Å²) < 4.78 is 64.4. The van der Waals surface area contributed by atoms with Crippen molar-refractivity contribution in [3.8, 4) is 0 Å². The van der Waals surface area contributed by atoms with Crippen LogP contribution in [0.4, 0.5) is 0 Å². The first-order valence-electron chi connectivity index (χ1n) is 29.1. The van der Waals surface area contributed by atoms with Gasteiger partial charge in [0.05, 0.1) is 39.6 Å². The second-order valence-electron chi connectivity index (χ2n) is 21.3. The van der Waals surface area contributed by atoms with Gasteiger partial charge in [-0.15, -0.1) is 0 Å². The molecule has 0 radical (unpaired) electrons. The number of rotatable bonds is 26. The van der Waals surface area contributed by atoms with E-state index in [0.29, 0.717) is 45.8 Å². The zero-order chi connectivity index (χ0) is 57.0. The van der Waals surface area contributed by atoms with Gasteiger partial charge in [-0.2, -0.15) is 0 Å². The van der Waals surface area contributed by atoms with Crippen LogP contribution in [0.2, 0.25) is 0 Å². The van der Waals surface area contributed by atoms with E-state index in [1.54, 1.807) is 7.11 Å². The number of benzene rings is 9. The van der Waals surface area contributed by atoms with Crippen LogP contribution >= 0.6 is 7.26 Å². The van der Waals surface area contributed by atoms with Crippen LogP contribution in [0, 0.1) is 0 Å². The average molecular weight is 1270 g/mol. The summed E-state index contributed by atoms with van der Waals surface area (Å²) in [6.07, 6.45) is -2.14. The van der Waals surface area contributed by atoms with E-state index in [-0.39, 0.29) is 24.0 Å². The summed E-state index contributed by atoms with van der Waals surface area (Å²) in [7, 11) is -0.918. The minimum Gasteiger partial charge on any atom is -1.00 e. The zero-order valence-corrected chi connectivity index (χ0v) is 50.9. The Morgan fingerprint density at radius 3 is 0.859 bits per heavy atom. The molecule has 9 aromatic rings. The Balaban J connectivity index is 0.00000803. The highest BCUT2D eigenvalue weighted by Crippen LogP contribution is 2.57. The Kier molecular flexibility index (Phi) is 23.0. The van der Waals surface area contributed by atoms with Gasteiger partial charge in [0.15, 0.2) is 6.29 Å². The molecule has 11 heteroatoms. The van der Waals surface area contributed by atoms with Gasteiger partial charge in [0.1, 0.15) is 84.3 Å². The van der Waals surface area contributed by atoms with Crippen molar-refractivity contribution in [3.05, 3.63) is 319 Å². The number of ether oxygens (including phenoxy) is 9. The largest absolute Gasteiger partial charge is 1.00 e. The van der Waals surface area contributed by atoms with Gasteiger partial charge >= 0.3 is 0 Å². The van der Waals surface area contributed by atoms with Gasteiger partial charge in [-0.1, -0.05) is 249 Å². The van der Waals surface area contributed by atoms with Crippen molar-refractivity contribution in [2.24, 2.45) is 0 Å². The molecule has 10 atom stereocenters. The van der Waals surface area contributed by atoms with E-state index in [9.17, 15) is 0 Å². The van der Waals surface area contributed by atoms with E-state index in [1.807, 2.05) is 121 Å². The minimum absolute atomic E-state index is 0. The first kappa shape index (κ1) is 61.6. The third-order valence-electron chi connectivity index (χ3n) is 15.7. The second kappa shape index (κ2) is 31.8. The molecule has 0 spiro atoms. The molecule has 9 nitrogen and oxygen atoms in total. The molecule has 0 N–H and O–H groups in total. The Morgan fingerprint density at radius 1 is 0.306 bits per heavy atom. The van der Waals surface area contributed by atoms with E-state index < -0.39 is 68.5 Å². The highest BCUT2D eigenvalue weighted by atomic mass is 127. The fraction of sp³-hybridized carbons (Fsp3) is 0.243. The van der Waals surface area contributed by atoms with Crippen LogP contribution in [0.1, 0.15) is 33.4 Å². The molecule has 0 amide bonds. The highest BCUT2D eigenvalue weighted by Gasteiger charge is 2.56. The molecule has 2 heterocycles. The smallest absolute Gasteiger partial charge is 0.186 e. The predicted molar refractivity (Wildman–Crippen MR) is 334 cm³/mol. The molecule has 2 aliphatic heterocycles. The maximum atomic E-state index is 7.87. The summed E-state index contributed by atoms with van der Waals surface area (Å²) in [5, 5.41) is 3.69. The lowest BCUT2D eigenvalue weighted by Crippen LogP contribution is -3.00. The Bertz CT molecular complexity index is 3230. The van der Waals surface area contributed by atoms with Crippen LogP contribution in [0.3, 0.4) is 0 Å². The lowest BCUT2D eigenvalue weighted by Gasteiger charge is -2.47. The number of hydrogen-bond acceptors (Lipinski definition) is 9. The van der Waals surface area contributed by atoms with Gasteiger partial charge in [-0.25, -0.2) is 0 Å². The van der Waals surface area contributed by atoms with Gasteiger partial charge in [-0.3, -0.25) is 0 Å². The maximum absolute atomic E-state index is 7.87. The van der Waals surface area contributed by atoms with Crippen molar-refractivity contribution < 1.29 is 66.6 Å². The van der Waals surface area contributed by atoms with E-state index in [4.69, 9.17) is 42.6 Å². The number of methoxy groups -OCH3 is 1. The molecule has 0 unspecified atom stereocenters. The standard InChI is InChI=1S/C74H74O9P.HI/c1-75-74-73(81-54-61-39-21-7-22-40-61)72(80-53-60-37-19-6-20-38-60)69(77-50-57-31-13-3-14-32-57)66(83-74)48-47-65-68(76-49-56-29-11-2-12-30-56)71(79-52-59-35-17-5-18-36-59)70(78-51-58-33-15-4-16-34-58)67(82-65)55-84(62-41-23-8-24-42-62,63-43-25-9-26-44-63)64-45-27-10-28-46-64;/h2-48,65-74H,49-55H2,1H3;1H/q+1;/p-1/b48-47-;/t65-,66+,67+,68-,69+,70+,71+,72-,73+,74-;/m0./s1. The van der Waals surface area contributed by atoms with Gasteiger partial charge in [0, 0.05) is 7.11 Å². The molecule has 2 saturated heterocycles. The van der Waals surface area contributed by atoms with Gasteiger partial charge in [-0.05, 0) is 69.8 Å². The van der Waals surface area contributed by atoms with Gasteiger partial charge in [0.25, 0.3) is 0 Å². The molecule has 0 saturated carbocycles. The van der Waals surface area contributed by atoms with Gasteiger partial charge in [0.2, 0.25) is 0 Å². The van der Waals surface area contributed by atoms with Crippen LogP contribution in [-0.4, -0.2) is 74.5 Å². The zero-order valence-electron chi connectivity index (χ0n) is 47.9. The minimum atomic E-state index is -2.57. The summed E-state index contributed by atoms with van der Waals surface area (Å²) in [5.41, 5.74) is 6.11. The van der Waals surface area contributed by atoms with Crippen LogP contribution in [0.25, 0.3) is 0 Å². The number of halogens is 1. The lowest BCUT2D eigenvalue weighted by molar-refractivity contribution is -0.309. The summed E-state index contributed by atoms with van der Waals surface area (Å²) in [6, 6.07) is 94.2. The first-order valence-corrected chi connectivity index (χ1v) is 31.1. The average Bonchev–Trinajstić information content (AvgIpc) is 2.16. The molecule has 0 bridgehead atoms. The summed E-state index contributed by atoms with van der Waals surface area (Å²) in [5.74, 6) is 0. The Labute approximate surface area is 519 Å². The Morgan fingerprint density at radius 2 is 0.553 bits per heavy atom. The molecule has 85 heavy (non-hydrogen) atoms. The molecule has 0 aliphatic carbocycles. The summed E-state index contributed by atoms with van der Waals surface area (Å²) in [4.78, 5) is 0. The molecule has 11 rings (SSSR count). The van der Waals surface area contributed by atoms with E-state index in [2.05, 4.69) is 164 Å². The molecule has 9 aromatic carbocycles. The van der Waals surface area contributed by atoms with Crippen LogP contribution in [0.5, 0.6) is 0 Å². The van der Waals surface area contributed by atoms with E-state index in [0.717, 1.165) is 33.4 Å². The molecule has 436 valence electrons. The topological polar surface area (TPSA) is 83.1 Å². The summed E-state index contributed by atoms with van der Waals surface area (Å²) in [6.45, 7) is 1.82.